The first kappa shape index (κ1) is 13.5. The quantitative estimate of drug-likeness (QED) is 0.409. The lowest BCUT2D eigenvalue weighted by Gasteiger charge is -2.09. The summed E-state index contributed by atoms with van der Waals surface area (Å²) in [6.07, 6.45) is 0. The molecule has 19 heavy (non-hydrogen) atoms. The van der Waals surface area contributed by atoms with Gasteiger partial charge in [0.2, 0.25) is 5.82 Å². The molecule has 100 valence electrons. The van der Waals surface area contributed by atoms with Crippen LogP contribution in [-0.4, -0.2) is 0 Å². The number of rotatable bonds is 1. The van der Waals surface area contributed by atoms with Crippen molar-refractivity contribution < 1.29 is 26.3 Å². The molecule has 0 radical (unpaired) electrons. The second-order valence-electron chi connectivity index (χ2n) is 3.91. The lowest BCUT2D eigenvalue weighted by Crippen LogP contribution is -2.04. The molecular weight excluding hydrogens is 270 g/mol. The van der Waals surface area contributed by atoms with Gasteiger partial charge in [0.1, 0.15) is 5.82 Å². The molecule has 0 heterocycles. The van der Waals surface area contributed by atoms with Crippen LogP contribution >= 0.6 is 0 Å². The molecule has 6 heteroatoms. The molecule has 0 fully saturated rings. The summed E-state index contributed by atoms with van der Waals surface area (Å²) in [7, 11) is 0. The molecule has 0 spiro atoms. The summed E-state index contributed by atoms with van der Waals surface area (Å²) >= 11 is 0. The van der Waals surface area contributed by atoms with E-state index < -0.39 is 40.5 Å². The highest BCUT2D eigenvalue weighted by Gasteiger charge is 2.26. The van der Waals surface area contributed by atoms with Crippen molar-refractivity contribution in [2.24, 2.45) is 0 Å². The van der Waals surface area contributed by atoms with Crippen molar-refractivity contribution in [3.05, 3.63) is 58.7 Å². The van der Waals surface area contributed by atoms with Gasteiger partial charge in [0.15, 0.2) is 23.3 Å². The standard InChI is InChI=1S/C13H6F6/c1-5-4-6(2-3-7(5)14)8-9(15)11(17)13(19)12(18)10(8)16/h2-4H,1H3. The molecular formula is C13H6F6. The average molecular weight is 276 g/mol. The molecule has 0 saturated heterocycles. The van der Waals surface area contributed by atoms with E-state index in [9.17, 15) is 26.3 Å². The van der Waals surface area contributed by atoms with E-state index in [2.05, 4.69) is 0 Å². The van der Waals surface area contributed by atoms with E-state index >= 15 is 0 Å². The van der Waals surface area contributed by atoms with Crippen LogP contribution in [0.5, 0.6) is 0 Å². The number of hydrogen-bond acceptors (Lipinski definition) is 0. The van der Waals surface area contributed by atoms with Crippen molar-refractivity contribution in [3.8, 4) is 11.1 Å². The normalized spacial score (nSPS) is 10.9. The van der Waals surface area contributed by atoms with Crippen LogP contribution in [0.25, 0.3) is 11.1 Å². The fourth-order valence-corrected chi connectivity index (χ4v) is 1.66. The van der Waals surface area contributed by atoms with Crippen LogP contribution < -0.4 is 0 Å². The van der Waals surface area contributed by atoms with Crippen LogP contribution in [0.1, 0.15) is 5.56 Å². The predicted molar refractivity (Wildman–Crippen MR) is 56.4 cm³/mol. The predicted octanol–water partition coefficient (Wildman–Crippen LogP) is 4.50. The Bertz CT molecular complexity index is 634. The second-order valence-corrected chi connectivity index (χ2v) is 3.91. The van der Waals surface area contributed by atoms with Crippen LogP contribution in [0.3, 0.4) is 0 Å². The molecule has 2 aromatic rings. The van der Waals surface area contributed by atoms with E-state index in [0.29, 0.717) is 0 Å². The SMILES string of the molecule is Cc1cc(-c2c(F)c(F)c(F)c(F)c2F)ccc1F. The van der Waals surface area contributed by atoms with E-state index in [1.165, 1.54) is 6.92 Å². The molecule has 0 saturated carbocycles. The van der Waals surface area contributed by atoms with Crippen LogP contribution in [-0.2, 0) is 0 Å². The molecule has 0 aliphatic carbocycles. The highest BCUT2D eigenvalue weighted by molar-refractivity contribution is 5.66. The summed E-state index contributed by atoms with van der Waals surface area (Å²) in [6, 6.07) is 2.84. The number of halogens is 6. The molecule has 0 aliphatic heterocycles. The summed E-state index contributed by atoms with van der Waals surface area (Å²) in [5, 5.41) is 0. The summed E-state index contributed by atoms with van der Waals surface area (Å²) in [4.78, 5) is 0. The van der Waals surface area contributed by atoms with Crippen molar-refractivity contribution in [1.29, 1.82) is 0 Å². The van der Waals surface area contributed by atoms with Crippen molar-refractivity contribution >= 4 is 0 Å². The van der Waals surface area contributed by atoms with Gasteiger partial charge >= 0.3 is 0 Å². The lowest BCUT2D eigenvalue weighted by atomic mass is 10.0. The summed E-state index contributed by atoms with van der Waals surface area (Å²) < 4.78 is 79.0. The fourth-order valence-electron chi connectivity index (χ4n) is 1.66. The smallest absolute Gasteiger partial charge is 0.200 e. The van der Waals surface area contributed by atoms with Gasteiger partial charge in [0, 0.05) is 0 Å². The third-order valence-corrected chi connectivity index (χ3v) is 2.66. The van der Waals surface area contributed by atoms with Gasteiger partial charge in [-0.05, 0) is 30.2 Å². The minimum Gasteiger partial charge on any atom is -0.207 e. The minimum absolute atomic E-state index is 0.0291. The maximum Gasteiger partial charge on any atom is 0.200 e. The lowest BCUT2D eigenvalue weighted by molar-refractivity contribution is 0.381. The molecule has 2 aromatic carbocycles. The average Bonchev–Trinajstić information content (AvgIpc) is 2.38. The largest absolute Gasteiger partial charge is 0.207 e. The highest BCUT2D eigenvalue weighted by Crippen LogP contribution is 2.32. The zero-order valence-electron chi connectivity index (χ0n) is 9.50. The fraction of sp³-hybridized carbons (Fsp3) is 0.0769. The first-order chi connectivity index (χ1) is 8.84. The van der Waals surface area contributed by atoms with E-state index in [0.717, 1.165) is 18.2 Å². The summed E-state index contributed by atoms with van der Waals surface area (Å²) in [6.45, 7) is 1.31. The second kappa shape index (κ2) is 4.60. The van der Waals surface area contributed by atoms with Crippen molar-refractivity contribution in [1.82, 2.24) is 0 Å². The molecule has 0 atom stereocenters. The molecule has 0 N–H and O–H groups in total. The van der Waals surface area contributed by atoms with E-state index in [-0.39, 0.29) is 11.1 Å². The molecule has 2 rings (SSSR count). The first-order valence-corrected chi connectivity index (χ1v) is 5.12. The molecule has 0 aliphatic rings. The van der Waals surface area contributed by atoms with Gasteiger partial charge in [-0.25, -0.2) is 26.3 Å². The first-order valence-electron chi connectivity index (χ1n) is 5.12. The molecule has 0 aromatic heterocycles. The Kier molecular flexibility index (Phi) is 3.26. The molecule has 0 amide bonds. The third-order valence-electron chi connectivity index (χ3n) is 2.66. The zero-order valence-corrected chi connectivity index (χ0v) is 9.50. The summed E-state index contributed by atoms with van der Waals surface area (Å²) in [5.74, 6) is -10.8. The zero-order chi connectivity index (χ0) is 14.3. The Hall–Kier alpha value is -1.98. The van der Waals surface area contributed by atoms with Crippen molar-refractivity contribution in [3.63, 3.8) is 0 Å². The summed E-state index contributed by atoms with van der Waals surface area (Å²) in [5.41, 5.74) is -1.33. The van der Waals surface area contributed by atoms with E-state index in [1.54, 1.807) is 0 Å². The molecule has 0 bridgehead atoms. The third kappa shape index (κ3) is 2.07. The van der Waals surface area contributed by atoms with Crippen molar-refractivity contribution in [2.75, 3.05) is 0 Å². The maximum absolute atomic E-state index is 13.5. The van der Waals surface area contributed by atoms with Crippen LogP contribution in [0.2, 0.25) is 0 Å². The van der Waals surface area contributed by atoms with Gasteiger partial charge in [-0.3, -0.25) is 0 Å². The Balaban J connectivity index is 2.79. The van der Waals surface area contributed by atoms with Gasteiger partial charge < -0.3 is 0 Å². The minimum atomic E-state index is -2.22. The van der Waals surface area contributed by atoms with Gasteiger partial charge in [-0.15, -0.1) is 0 Å². The monoisotopic (exact) mass is 276 g/mol. The van der Waals surface area contributed by atoms with Gasteiger partial charge in [-0.2, -0.15) is 0 Å². The highest BCUT2D eigenvalue weighted by atomic mass is 19.2. The number of benzene rings is 2. The van der Waals surface area contributed by atoms with Gasteiger partial charge in [-0.1, -0.05) is 6.07 Å². The van der Waals surface area contributed by atoms with Crippen LogP contribution in [0, 0.1) is 41.8 Å². The van der Waals surface area contributed by atoms with Crippen LogP contribution in [0.15, 0.2) is 18.2 Å². The Labute approximate surface area is 104 Å². The molecule has 0 unspecified atom stereocenters. The molecule has 0 nitrogen and oxygen atoms in total. The van der Waals surface area contributed by atoms with Crippen LogP contribution in [0.4, 0.5) is 26.3 Å². The maximum atomic E-state index is 13.5. The van der Waals surface area contributed by atoms with Crippen molar-refractivity contribution in [2.45, 2.75) is 6.92 Å². The van der Waals surface area contributed by atoms with Gasteiger partial charge in [0.25, 0.3) is 0 Å². The topological polar surface area (TPSA) is 0 Å². The van der Waals surface area contributed by atoms with E-state index in [4.69, 9.17) is 0 Å². The number of aryl methyl sites for hydroxylation is 1. The Morgan fingerprint density at radius 2 is 1.16 bits per heavy atom. The van der Waals surface area contributed by atoms with E-state index in [1.807, 2.05) is 0 Å². The Morgan fingerprint density at radius 1 is 0.684 bits per heavy atom. The van der Waals surface area contributed by atoms with Gasteiger partial charge in [0.05, 0.1) is 5.56 Å². The number of hydrogen-bond donors (Lipinski definition) is 0. The Morgan fingerprint density at radius 3 is 1.63 bits per heavy atom.